The molecule has 1 aromatic rings. The molecule has 1 fully saturated rings. The first-order chi connectivity index (χ1) is 6.99. The molecule has 0 amide bonds. The summed E-state index contributed by atoms with van der Waals surface area (Å²) in [4.78, 5) is 10.8. The molecule has 0 aromatic carbocycles. The van der Waals surface area contributed by atoms with Crippen LogP contribution in [0.15, 0.2) is 12.4 Å². The van der Waals surface area contributed by atoms with Gasteiger partial charge >= 0.3 is 0 Å². The third kappa shape index (κ3) is 2.36. The number of rotatable bonds is 1. The van der Waals surface area contributed by atoms with Crippen molar-refractivity contribution in [1.29, 1.82) is 0 Å². The standard InChI is InChI=1S/C10H13ClIN3/c1-10(2)6-15(5-8(10)11)9-13-3-7(12)4-14-9/h3-4,8H,5-6H2,1-2H3. The molecule has 1 atom stereocenters. The highest BCUT2D eigenvalue weighted by atomic mass is 127. The zero-order valence-electron chi connectivity index (χ0n) is 8.74. The topological polar surface area (TPSA) is 29.0 Å². The van der Waals surface area contributed by atoms with Gasteiger partial charge in [0.1, 0.15) is 0 Å². The minimum absolute atomic E-state index is 0.133. The van der Waals surface area contributed by atoms with E-state index in [0.29, 0.717) is 0 Å². The molecule has 0 N–H and O–H groups in total. The fourth-order valence-electron chi connectivity index (χ4n) is 1.72. The van der Waals surface area contributed by atoms with E-state index >= 15 is 0 Å². The summed E-state index contributed by atoms with van der Waals surface area (Å²) in [5.74, 6) is 0.784. The van der Waals surface area contributed by atoms with Crippen molar-refractivity contribution in [2.45, 2.75) is 19.2 Å². The Morgan fingerprint density at radius 1 is 1.47 bits per heavy atom. The fraction of sp³-hybridized carbons (Fsp3) is 0.600. The van der Waals surface area contributed by atoms with Gasteiger partial charge in [-0.3, -0.25) is 0 Å². The van der Waals surface area contributed by atoms with E-state index in [9.17, 15) is 0 Å². The highest BCUT2D eigenvalue weighted by Gasteiger charge is 2.38. The molecule has 0 spiro atoms. The lowest BCUT2D eigenvalue weighted by Crippen LogP contribution is -2.24. The van der Waals surface area contributed by atoms with Crippen molar-refractivity contribution in [1.82, 2.24) is 9.97 Å². The van der Waals surface area contributed by atoms with Gasteiger partial charge in [0, 0.05) is 34.5 Å². The van der Waals surface area contributed by atoms with Crippen LogP contribution in [0.2, 0.25) is 0 Å². The third-order valence-corrected chi connectivity index (χ3v) is 4.00. The Balaban J connectivity index is 2.17. The molecule has 2 heterocycles. The lowest BCUT2D eigenvalue weighted by Gasteiger charge is -2.20. The number of hydrogen-bond donors (Lipinski definition) is 0. The second kappa shape index (κ2) is 4.05. The summed E-state index contributed by atoms with van der Waals surface area (Å²) >= 11 is 8.48. The van der Waals surface area contributed by atoms with Crippen LogP contribution < -0.4 is 4.90 Å². The van der Waals surface area contributed by atoms with Crippen molar-refractivity contribution >= 4 is 40.1 Å². The van der Waals surface area contributed by atoms with E-state index in [1.54, 1.807) is 0 Å². The van der Waals surface area contributed by atoms with Gasteiger partial charge in [0.05, 0.1) is 5.38 Å². The van der Waals surface area contributed by atoms with E-state index in [4.69, 9.17) is 11.6 Å². The Morgan fingerprint density at radius 2 is 2.07 bits per heavy atom. The average molecular weight is 338 g/mol. The van der Waals surface area contributed by atoms with Crippen LogP contribution in [0.5, 0.6) is 0 Å². The predicted octanol–water partition coefficient (Wildman–Crippen LogP) is 2.53. The van der Waals surface area contributed by atoms with Gasteiger partial charge in [-0.1, -0.05) is 13.8 Å². The Labute approximate surface area is 108 Å². The lowest BCUT2D eigenvalue weighted by atomic mass is 9.93. The largest absolute Gasteiger partial charge is 0.339 e. The van der Waals surface area contributed by atoms with Gasteiger partial charge in [-0.15, -0.1) is 11.6 Å². The normalized spacial score (nSPS) is 24.5. The molecule has 0 aliphatic carbocycles. The molecule has 1 aliphatic heterocycles. The summed E-state index contributed by atoms with van der Waals surface area (Å²) in [6.07, 6.45) is 3.66. The van der Waals surface area contributed by atoms with Crippen LogP contribution in [0, 0.1) is 8.99 Å². The van der Waals surface area contributed by atoms with Crippen LogP contribution in [0.1, 0.15) is 13.8 Å². The SMILES string of the molecule is CC1(C)CN(c2ncc(I)cn2)CC1Cl. The highest BCUT2D eigenvalue weighted by Crippen LogP contribution is 2.34. The van der Waals surface area contributed by atoms with E-state index in [1.807, 2.05) is 12.4 Å². The Bertz CT molecular complexity index is 352. The Hall–Kier alpha value is -0.100. The molecule has 15 heavy (non-hydrogen) atoms. The van der Waals surface area contributed by atoms with E-state index in [0.717, 1.165) is 22.6 Å². The second-order valence-electron chi connectivity index (χ2n) is 4.54. The molecule has 0 radical (unpaired) electrons. The van der Waals surface area contributed by atoms with Gasteiger partial charge in [0.2, 0.25) is 5.95 Å². The first kappa shape index (κ1) is 11.4. The van der Waals surface area contributed by atoms with Crippen molar-refractivity contribution in [2.24, 2.45) is 5.41 Å². The molecule has 1 aromatic heterocycles. The molecule has 1 aliphatic rings. The molecule has 3 nitrogen and oxygen atoms in total. The van der Waals surface area contributed by atoms with E-state index < -0.39 is 0 Å². The van der Waals surface area contributed by atoms with Crippen molar-refractivity contribution in [3.05, 3.63) is 16.0 Å². The Morgan fingerprint density at radius 3 is 2.53 bits per heavy atom. The second-order valence-corrected chi connectivity index (χ2v) is 6.31. The van der Waals surface area contributed by atoms with Gasteiger partial charge in [-0.05, 0) is 22.6 Å². The third-order valence-electron chi connectivity index (χ3n) is 2.72. The van der Waals surface area contributed by atoms with Crippen LogP contribution in [0.3, 0.4) is 0 Å². The van der Waals surface area contributed by atoms with Gasteiger partial charge in [0.25, 0.3) is 0 Å². The smallest absolute Gasteiger partial charge is 0.225 e. The number of alkyl halides is 1. The molecule has 2 rings (SSSR count). The van der Waals surface area contributed by atoms with E-state index in [2.05, 4.69) is 51.3 Å². The maximum atomic E-state index is 6.28. The monoisotopic (exact) mass is 337 g/mol. The number of halogens is 2. The summed E-state index contributed by atoms with van der Waals surface area (Å²) in [6.45, 7) is 6.10. The van der Waals surface area contributed by atoms with E-state index in [-0.39, 0.29) is 10.8 Å². The predicted molar refractivity (Wildman–Crippen MR) is 70.4 cm³/mol. The zero-order valence-corrected chi connectivity index (χ0v) is 11.7. The number of aromatic nitrogens is 2. The quantitative estimate of drug-likeness (QED) is 0.582. The van der Waals surface area contributed by atoms with Crippen molar-refractivity contribution in [3.8, 4) is 0 Å². The summed E-state index contributed by atoms with van der Waals surface area (Å²) in [5, 5.41) is 0.167. The van der Waals surface area contributed by atoms with Crippen molar-refractivity contribution < 1.29 is 0 Å². The number of anilines is 1. The van der Waals surface area contributed by atoms with E-state index in [1.165, 1.54) is 0 Å². The van der Waals surface area contributed by atoms with Crippen LogP contribution in [-0.4, -0.2) is 28.4 Å². The fourth-order valence-corrected chi connectivity index (χ4v) is 2.23. The maximum absolute atomic E-state index is 6.28. The summed E-state index contributed by atoms with van der Waals surface area (Å²) < 4.78 is 1.05. The van der Waals surface area contributed by atoms with Crippen LogP contribution in [0.25, 0.3) is 0 Å². The van der Waals surface area contributed by atoms with Gasteiger partial charge < -0.3 is 4.90 Å². The molecular weight excluding hydrogens is 324 g/mol. The summed E-state index contributed by atoms with van der Waals surface area (Å²) in [5.41, 5.74) is 0.133. The molecule has 82 valence electrons. The average Bonchev–Trinajstić information content (AvgIpc) is 2.42. The molecule has 1 saturated heterocycles. The minimum atomic E-state index is 0.133. The lowest BCUT2D eigenvalue weighted by molar-refractivity contribution is 0.424. The first-order valence-electron chi connectivity index (χ1n) is 4.85. The summed E-state index contributed by atoms with van der Waals surface area (Å²) in [7, 11) is 0. The van der Waals surface area contributed by atoms with Gasteiger partial charge in [-0.25, -0.2) is 9.97 Å². The van der Waals surface area contributed by atoms with Crippen LogP contribution in [-0.2, 0) is 0 Å². The van der Waals surface area contributed by atoms with Gasteiger partial charge in [-0.2, -0.15) is 0 Å². The van der Waals surface area contributed by atoms with Crippen molar-refractivity contribution in [2.75, 3.05) is 18.0 Å². The van der Waals surface area contributed by atoms with Crippen molar-refractivity contribution in [3.63, 3.8) is 0 Å². The first-order valence-corrected chi connectivity index (χ1v) is 6.37. The molecular formula is C10H13ClIN3. The Kier molecular flexibility index (Phi) is 3.07. The highest BCUT2D eigenvalue weighted by molar-refractivity contribution is 14.1. The number of nitrogens with zero attached hydrogens (tertiary/aromatic N) is 3. The molecule has 5 heteroatoms. The van der Waals surface area contributed by atoms with Crippen LogP contribution >= 0.6 is 34.2 Å². The molecule has 0 bridgehead atoms. The summed E-state index contributed by atoms with van der Waals surface area (Å²) in [6, 6.07) is 0. The van der Waals surface area contributed by atoms with Gasteiger partial charge in [0.15, 0.2) is 0 Å². The number of hydrogen-bond acceptors (Lipinski definition) is 3. The zero-order chi connectivity index (χ0) is 11.1. The van der Waals surface area contributed by atoms with Crippen LogP contribution in [0.4, 0.5) is 5.95 Å². The molecule has 1 unspecified atom stereocenters. The minimum Gasteiger partial charge on any atom is -0.339 e. The molecule has 0 saturated carbocycles. The maximum Gasteiger partial charge on any atom is 0.225 e.